The lowest BCUT2D eigenvalue weighted by Gasteiger charge is -2.20. The summed E-state index contributed by atoms with van der Waals surface area (Å²) in [5.41, 5.74) is 0.351. The Bertz CT molecular complexity index is 498. The van der Waals surface area contributed by atoms with E-state index >= 15 is 0 Å². The predicted octanol–water partition coefficient (Wildman–Crippen LogP) is 2.33. The van der Waals surface area contributed by atoms with Crippen LogP contribution in [0.25, 0.3) is 0 Å². The number of carboxylic acid groups (broad SMARTS) is 1. The number of hydrogen-bond acceptors (Lipinski definition) is 3. The first-order valence-corrected chi connectivity index (χ1v) is 7.03. The van der Waals surface area contributed by atoms with Gasteiger partial charge in [0, 0.05) is 12.2 Å². The number of aromatic nitrogens is 1. The fraction of sp³-hybridized carbons (Fsp3) is 0.533. The number of amides is 1. The first kappa shape index (κ1) is 14.5. The third-order valence-corrected chi connectivity index (χ3v) is 4.31. The molecule has 3 unspecified atom stereocenters. The minimum absolute atomic E-state index is 0.0850. The van der Waals surface area contributed by atoms with Gasteiger partial charge in [-0.1, -0.05) is 20.3 Å². The normalized spacial score (nSPS) is 25.4. The zero-order chi connectivity index (χ0) is 14.7. The van der Waals surface area contributed by atoms with Gasteiger partial charge in [0.25, 0.3) is 5.91 Å². The fourth-order valence-corrected chi connectivity index (χ4v) is 2.92. The topological polar surface area (TPSA) is 79.3 Å². The van der Waals surface area contributed by atoms with Crippen molar-refractivity contribution in [1.82, 2.24) is 10.3 Å². The van der Waals surface area contributed by atoms with Crippen LogP contribution in [0.1, 0.15) is 54.0 Å². The fourth-order valence-electron chi connectivity index (χ4n) is 2.92. The molecule has 0 aliphatic heterocycles. The van der Waals surface area contributed by atoms with Gasteiger partial charge in [-0.05, 0) is 36.8 Å². The van der Waals surface area contributed by atoms with Gasteiger partial charge in [0.15, 0.2) is 0 Å². The van der Waals surface area contributed by atoms with Gasteiger partial charge in [-0.25, -0.2) is 4.79 Å². The predicted molar refractivity (Wildman–Crippen MR) is 74.6 cm³/mol. The molecular weight excluding hydrogens is 256 g/mol. The molecule has 108 valence electrons. The Morgan fingerprint density at radius 3 is 2.65 bits per heavy atom. The second-order valence-corrected chi connectivity index (χ2v) is 5.42. The van der Waals surface area contributed by atoms with Crippen LogP contribution in [0, 0.1) is 11.8 Å². The molecule has 1 aliphatic rings. The lowest BCUT2D eigenvalue weighted by Crippen LogP contribution is -2.37. The smallest absolute Gasteiger partial charge is 0.337 e. The molecule has 0 radical (unpaired) electrons. The van der Waals surface area contributed by atoms with Crippen molar-refractivity contribution in [3.05, 3.63) is 29.6 Å². The standard InChI is InChI=1S/C15H20N2O3/c1-3-10-4-6-12(9(10)2)17-14(18)13-7-5-11(8-16-13)15(19)20/h5,7-10,12H,3-4,6H2,1-2H3,(H,17,18)(H,19,20). The maximum absolute atomic E-state index is 12.1. The highest BCUT2D eigenvalue weighted by Crippen LogP contribution is 2.33. The molecule has 3 atom stereocenters. The highest BCUT2D eigenvalue weighted by molar-refractivity contribution is 5.93. The van der Waals surface area contributed by atoms with E-state index in [4.69, 9.17) is 5.11 Å². The maximum Gasteiger partial charge on any atom is 0.337 e. The van der Waals surface area contributed by atoms with Gasteiger partial charge in [0.1, 0.15) is 5.69 Å². The van der Waals surface area contributed by atoms with Crippen LogP contribution < -0.4 is 5.32 Å². The van der Waals surface area contributed by atoms with Crippen LogP contribution in [-0.2, 0) is 0 Å². The van der Waals surface area contributed by atoms with Crippen molar-refractivity contribution in [1.29, 1.82) is 0 Å². The van der Waals surface area contributed by atoms with E-state index in [1.807, 2.05) is 0 Å². The first-order valence-electron chi connectivity index (χ1n) is 7.03. The largest absolute Gasteiger partial charge is 0.478 e. The van der Waals surface area contributed by atoms with Crippen molar-refractivity contribution in [2.24, 2.45) is 11.8 Å². The Morgan fingerprint density at radius 1 is 1.40 bits per heavy atom. The van der Waals surface area contributed by atoms with Crippen molar-refractivity contribution in [3.8, 4) is 0 Å². The molecule has 20 heavy (non-hydrogen) atoms. The second kappa shape index (κ2) is 6.03. The third-order valence-electron chi connectivity index (χ3n) is 4.31. The van der Waals surface area contributed by atoms with Gasteiger partial charge in [-0.2, -0.15) is 0 Å². The van der Waals surface area contributed by atoms with Gasteiger partial charge in [-0.15, -0.1) is 0 Å². The van der Waals surface area contributed by atoms with Crippen LogP contribution in [0.2, 0.25) is 0 Å². The van der Waals surface area contributed by atoms with Crippen molar-refractivity contribution >= 4 is 11.9 Å². The summed E-state index contributed by atoms with van der Waals surface area (Å²) in [7, 11) is 0. The Labute approximate surface area is 118 Å². The Balaban J connectivity index is 2.00. The number of pyridine rings is 1. The third kappa shape index (κ3) is 2.98. The molecule has 1 heterocycles. The van der Waals surface area contributed by atoms with E-state index in [0.29, 0.717) is 11.8 Å². The summed E-state index contributed by atoms with van der Waals surface area (Å²) in [6.45, 7) is 4.35. The molecule has 2 N–H and O–H groups in total. The Morgan fingerprint density at radius 2 is 2.15 bits per heavy atom. The molecule has 0 saturated heterocycles. The van der Waals surface area contributed by atoms with E-state index in [9.17, 15) is 9.59 Å². The SMILES string of the molecule is CCC1CCC(NC(=O)c2ccc(C(=O)O)cn2)C1C. The lowest BCUT2D eigenvalue weighted by molar-refractivity contribution is 0.0695. The number of carbonyl (C=O) groups excluding carboxylic acids is 1. The molecule has 0 aromatic carbocycles. The first-order chi connectivity index (χ1) is 9.52. The van der Waals surface area contributed by atoms with Crippen LogP contribution in [-0.4, -0.2) is 28.0 Å². The summed E-state index contributed by atoms with van der Waals surface area (Å²) in [4.78, 5) is 26.7. The minimum Gasteiger partial charge on any atom is -0.478 e. The molecule has 5 nitrogen and oxygen atoms in total. The van der Waals surface area contributed by atoms with Crippen molar-refractivity contribution in [2.45, 2.75) is 39.2 Å². The van der Waals surface area contributed by atoms with Crippen LogP contribution in [0.15, 0.2) is 18.3 Å². The number of aromatic carboxylic acids is 1. The van der Waals surface area contributed by atoms with E-state index in [1.165, 1.54) is 18.3 Å². The van der Waals surface area contributed by atoms with E-state index in [1.54, 1.807) is 0 Å². The minimum atomic E-state index is -1.04. The summed E-state index contributed by atoms with van der Waals surface area (Å²) >= 11 is 0. The van der Waals surface area contributed by atoms with E-state index in [2.05, 4.69) is 24.1 Å². The summed E-state index contributed by atoms with van der Waals surface area (Å²) in [5, 5.41) is 11.8. The van der Waals surface area contributed by atoms with E-state index < -0.39 is 5.97 Å². The van der Waals surface area contributed by atoms with Gasteiger partial charge >= 0.3 is 5.97 Å². The molecule has 1 amide bonds. The van der Waals surface area contributed by atoms with Gasteiger partial charge < -0.3 is 10.4 Å². The summed E-state index contributed by atoms with van der Waals surface area (Å²) in [6.07, 6.45) is 4.50. The molecule has 0 bridgehead atoms. The van der Waals surface area contributed by atoms with Crippen molar-refractivity contribution in [3.63, 3.8) is 0 Å². The molecule has 1 aliphatic carbocycles. The highest BCUT2D eigenvalue weighted by Gasteiger charge is 2.32. The average Bonchev–Trinajstić information content (AvgIpc) is 2.79. The van der Waals surface area contributed by atoms with Crippen molar-refractivity contribution in [2.75, 3.05) is 0 Å². The summed E-state index contributed by atoms with van der Waals surface area (Å²) in [5.74, 6) is -0.125. The van der Waals surface area contributed by atoms with Gasteiger partial charge in [0.05, 0.1) is 5.56 Å². The number of nitrogens with one attached hydrogen (secondary N) is 1. The average molecular weight is 276 g/mol. The van der Waals surface area contributed by atoms with Gasteiger partial charge in [-0.3, -0.25) is 9.78 Å². The number of rotatable bonds is 4. The summed E-state index contributed by atoms with van der Waals surface area (Å²) in [6, 6.07) is 3.04. The van der Waals surface area contributed by atoms with Crippen LogP contribution in [0.3, 0.4) is 0 Å². The quantitative estimate of drug-likeness (QED) is 0.884. The molecule has 5 heteroatoms. The maximum atomic E-state index is 12.1. The number of carboxylic acids is 1. The number of hydrogen-bond donors (Lipinski definition) is 2. The zero-order valence-corrected chi connectivity index (χ0v) is 11.8. The van der Waals surface area contributed by atoms with Crippen LogP contribution in [0.4, 0.5) is 0 Å². The molecule has 0 spiro atoms. The molecule has 2 rings (SSSR count). The summed E-state index contributed by atoms with van der Waals surface area (Å²) < 4.78 is 0. The zero-order valence-electron chi connectivity index (χ0n) is 11.8. The lowest BCUT2D eigenvalue weighted by atomic mass is 9.93. The van der Waals surface area contributed by atoms with Gasteiger partial charge in [0.2, 0.25) is 0 Å². The number of nitrogens with zero attached hydrogens (tertiary/aromatic N) is 1. The number of carbonyl (C=O) groups is 2. The molecule has 1 saturated carbocycles. The van der Waals surface area contributed by atoms with E-state index in [-0.39, 0.29) is 23.2 Å². The molecular formula is C15H20N2O3. The van der Waals surface area contributed by atoms with Crippen LogP contribution >= 0.6 is 0 Å². The van der Waals surface area contributed by atoms with Crippen molar-refractivity contribution < 1.29 is 14.7 Å². The highest BCUT2D eigenvalue weighted by atomic mass is 16.4. The molecule has 1 fully saturated rings. The van der Waals surface area contributed by atoms with E-state index in [0.717, 1.165) is 19.3 Å². The van der Waals surface area contributed by atoms with Crippen LogP contribution in [0.5, 0.6) is 0 Å². The Hall–Kier alpha value is -1.91. The molecule has 1 aromatic rings. The monoisotopic (exact) mass is 276 g/mol. The Kier molecular flexibility index (Phi) is 4.37. The molecule has 1 aromatic heterocycles. The second-order valence-electron chi connectivity index (χ2n) is 5.42.